The summed E-state index contributed by atoms with van der Waals surface area (Å²) < 4.78 is 18.3. The van der Waals surface area contributed by atoms with Crippen molar-refractivity contribution in [2.75, 3.05) is 26.8 Å². The number of benzene rings is 1. The van der Waals surface area contributed by atoms with E-state index in [1.807, 2.05) is 0 Å². The number of nitrogens with zero attached hydrogens (tertiary/aromatic N) is 1. The molecule has 0 saturated heterocycles. The van der Waals surface area contributed by atoms with Crippen LogP contribution in [0, 0.1) is 11.2 Å². The van der Waals surface area contributed by atoms with Gasteiger partial charge in [-0.2, -0.15) is 0 Å². The minimum absolute atomic E-state index is 0.214. The van der Waals surface area contributed by atoms with E-state index in [9.17, 15) is 4.39 Å². The van der Waals surface area contributed by atoms with Crippen LogP contribution in [0.2, 0.25) is 0 Å². The average molecular weight is 335 g/mol. The van der Waals surface area contributed by atoms with E-state index >= 15 is 0 Å². The summed E-state index contributed by atoms with van der Waals surface area (Å²) in [6.07, 6.45) is 6.19. The van der Waals surface area contributed by atoms with Gasteiger partial charge in [-0.25, -0.2) is 9.38 Å². The Labute approximate surface area is 144 Å². The number of rotatable bonds is 8. The van der Waals surface area contributed by atoms with E-state index in [0.717, 1.165) is 37.6 Å². The molecule has 5 heteroatoms. The van der Waals surface area contributed by atoms with E-state index in [-0.39, 0.29) is 5.82 Å². The zero-order valence-electron chi connectivity index (χ0n) is 14.9. The molecule has 0 unspecified atom stereocenters. The highest BCUT2D eigenvalue weighted by Crippen LogP contribution is 2.40. The van der Waals surface area contributed by atoms with Gasteiger partial charge in [0.2, 0.25) is 0 Å². The number of nitrogens with one attached hydrogen (secondary N) is 2. The molecule has 0 atom stereocenters. The SMILES string of the molecule is CCNC(=NCc1ccc(F)cc1)NCC1(CCOC)CCCC1. The monoisotopic (exact) mass is 335 g/mol. The number of methoxy groups -OCH3 is 1. The maximum absolute atomic E-state index is 13.0. The van der Waals surface area contributed by atoms with Gasteiger partial charge in [-0.15, -0.1) is 0 Å². The molecule has 134 valence electrons. The van der Waals surface area contributed by atoms with E-state index in [2.05, 4.69) is 22.5 Å². The highest BCUT2D eigenvalue weighted by Gasteiger charge is 2.33. The molecule has 0 heterocycles. The van der Waals surface area contributed by atoms with Crippen molar-refractivity contribution in [1.82, 2.24) is 10.6 Å². The van der Waals surface area contributed by atoms with Crippen molar-refractivity contribution in [3.8, 4) is 0 Å². The largest absolute Gasteiger partial charge is 0.385 e. The normalized spacial score (nSPS) is 17.0. The Bertz CT molecular complexity index is 510. The third kappa shape index (κ3) is 5.78. The van der Waals surface area contributed by atoms with Gasteiger partial charge in [-0.05, 0) is 49.3 Å². The van der Waals surface area contributed by atoms with Gasteiger partial charge in [0.15, 0.2) is 5.96 Å². The predicted molar refractivity (Wildman–Crippen MR) is 96.6 cm³/mol. The predicted octanol–water partition coefficient (Wildman–Crippen LogP) is 3.48. The smallest absolute Gasteiger partial charge is 0.191 e. The Morgan fingerprint density at radius 3 is 2.54 bits per heavy atom. The Morgan fingerprint density at radius 2 is 1.92 bits per heavy atom. The Hall–Kier alpha value is -1.62. The number of guanidine groups is 1. The van der Waals surface area contributed by atoms with Gasteiger partial charge >= 0.3 is 0 Å². The lowest BCUT2D eigenvalue weighted by molar-refractivity contribution is 0.138. The summed E-state index contributed by atoms with van der Waals surface area (Å²) in [4.78, 5) is 4.63. The van der Waals surface area contributed by atoms with Gasteiger partial charge in [0.1, 0.15) is 5.82 Å². The van der Waals surface area contributed by atoms with E-state index in [0.29, 0.717) is 12.0 Å². The van der Waals surface area contributed by atoms with Crippen LogP contribution in [0.5, 0.6) is 0 Å². The zero-order valence-corrected chi connectivity index (χ0v) is 14.9. The second kappa shape index (κ2) is 9.62. The third-order valence-electron chi connectivity index (χ3n) is 4.81. The number of hydrogen-bond donors (Lipinski definition) is 2. The topological polar surface area (TPSA) is 45.7 Å². The van der Waals surface area contributed by atoms with Crippen LogP contribution in [0.1, 0.15) is 44.6 Å². The van der Waals surface area contributed by atoms with Crippen LogP contribution in [0.25, 0.3) is 0 Å². The number of halogens is 1. The van der Waals surface area contributed by atoms with Crippen LogP contribution >= 0.6 is 0 Å². The summed E-state index contributed by atoms with van der Waals surface area (Å²) >= 11 is 0. The first-order chi connectivity index (χ1) is 11.7. The van der Waals surface area contributed by atoms with Crippen LogP contribution in [-0.2, 0) is 11.3 Å². The minimum Gasteiger partial charge on any atom is -0.385 e. The van der Waals surface area contributed by atoms with Gasteiger partial charge in [0, 0.05) is 26.8 Å². The molecular weight excluding hydrogens is 305 g/mol. The lowest BCUT2D eigenvalue weighted by Crippen LogP contribution is -2.43. The van der Waals surface area contributed by atoms with Gasteiger partial charge in [0.05, 0.1) is 6.54 Å². The molecule has 0 bridgehead atoms. The van der Waals surface area contributed by atoms with Crippen molar-refractivity contribution in [2.45, 2.75) is 45.6 Å². The average Bonchev–Trinajstić information content (AvgIpc) is 3.06. The second-order valence-corrected chi connectivity index (χ2v) is 6.63. The van der Waals surface area contributed by atoms with E-state index in [1.165, 1.54) is 37.8 Å². The first kappa shape index (κ1) is 18.7. The molecule has 1 aliphatic rings. The Morgan fingerprint density at radius 1 is 1.21 bits per heavy atom. The molecule has 0 aromatic heterocycles. The molecule has 0 aliphatic heterocycles. The molecule has 0 amide bonds. The van der Waals surface area contributed by atoms with Crippen molar-refractivity contribution in [1.29, 1.82) is 0 Å². The summed E-state index contributed by atoms with van der Waals surface area (Å²) in [7, 11) is 1.77. The lowest BCUT2D eigenvalue weighted by atomic mass is 9.83. The molecule has 2 rings (SSSR count). The first-order valence-corrected chi connectivity index (χ1v) is 8.93. The lowest BCUT2D eigenvalue weighted by Gasteiger charge is -2.30. The highest BCUT2D eigenvalue weighted by molar-refractivity contribution is 5.79. The summed E-state index contributed by atoms with van der Waals surface area (Å²) in [5.74, 6) is 0.611. The fourth-order valence-corrected chi connectivity index (χ4v) is 3.33. The summed E-state index contributed by atoms with van der Waals surface area (Å²) in [5.41, 5.74) is 1.32. The molecule has 1 saturated carbocycles. The molecule has 2 N–H and O–H groups in total. The van der Waals surface area contributed by atoms with Crippen LogP contribution in [0.3, 0.4) is 0 Å². The third-order valence-corrected chi connectivity index (χ3v) is 4.81. The van der Waals surface area contributed by atoms with Crippen LogP contribution < -0.4 is 10.6 Å². The van der Waals surface area contributed by atoms with E-state index in [4.69, 9.17) is 4.74 Å². The molecule has 0 spiro atoms. The summed E-state index contributed by atoms with van der Waals surface area (Å²) in [6.45, 7) is 5.16. The number of ether oxygens (including phenoxy) is 1. The van der Waals surface area contributed by atoms with Crippen LogP contribution in [-0.4, -0.2) is 32.8 Å². The minimum atomic E-state index is -0.214. The molecule has 24 heavy (non-hydrogen) atoms. The maximum Gasteiger partial charge on any atom is 0.191 e. The second-order valence-electron chi connectivity index (χ2n) is 6.63. The van der Waals surface area contributed by atoms with Gasteiger partial charge in [0.25, 0.3) is 0 Å². The van der Waals surface area contributed by atoms with Crippen molar-refractivity contribution in [3.05, 3.63) is 35.6 Å². The summed E-state index contributed by atoms with van der Waals surface area (Å²) in [5, 5.41) is 6.80. The van der Waals surface area contributed by atoms with Crippen molar-refractivity contribution in [3.63, 3.8) is 0 Å². The van der Waals surface area contributed by atoms with E-state index < -0.39 is 0 Å². The van der Waals surface area contributed by atoms with Gasteiger partial charge in [-0.3, -0.25) is 0 Å². The van der Waals surface area contributed by atoms with Gasteiger partial charge < -0.3 is 15.4 Å². The first-order valence-electron chi connectivity index (χ1n) is 8.93. The fraction of sp³-hybridized carbons (Fsp3) is 0.632. The molecule has 1 aromatic carbocycles. The molecule has 1 aromatic rings. The Kier molecular flexibility index (Phi) is 7.50. The molecule has 4 nitrogen and oxygen atoms in total. The molecular formula is C19H30FN3O. The van der Waals surface area contributed by atoms with Crippen molar-refractivity contribution in [2.24, 2.45) is 10.4 Å². The molecule has 1 aliphatic carbocycles. The highest BCUT2D eigenvalue weighted by atomic mass is 19.1. The zero-order chi connectivity index (χ0) is 17.3. The van der Waals surface area contributed by atoms with Crippen LogP contribution in [0.15, 0.2) is 29.3 Å². The quantitative estimate of drug-likeness (QED) is 0.565. The van der Waals surface area contributed by atoms with Crippen molar-refractivity contribution < 1.29 is 9.13 Å². The Balaban J connectivity index is 1.93. The summed E-state index contributed by atoms with van der Waals surface area (Å²) in [6, 6.07) is 6.51. The van der Waals surface area contributed by atoms with Crippen LogP contribution in [0.4, 0.5) is 4.39 Å². The van der Waals surface area contributed by atoms with E-state index in [1.54, 1.807) is 19.2 Å². The van der Waals surface area contributed by atoms with Crippen molar-refractivity contribution >= 4 is 5.96 Å². The number of hydrogen-bond acceptors (Lipinski definition) is 2. The fourth-order valence-electron chi connectivity index (χ4n) is 3.33. The maximum atomic E-state index is 13.0. The molecule has 1 fully saturated rings. The molecule has 0 radical (unpaired) electrons. The standard InChI is InChI=1S/C19H30FN3O/c1-3-21-18(22-14-16-6-8-17(20)9-7-16)23-15-19(12-13-24-2)10-4-5-11-19/h6-9H,3-5,10-15H2,1-2H3,(H2,21,22,23). The van der Waals surface area contributed by atoms with Gasteiger partial charge in [-0.1, -0.05) is 25.0 Å². The number of aliphatic imine (C=N–C) groups is 1.